The number of nitrogens with two attached hydrogens (primary N) is 1. The van der Waals surface area contributed by atoms with E-state index >= 15 is 0 Å². The molecule has 0 saturated carbocycles. The Morgan fingerprint density at radius 1 is 1.18 bits per heavy atom. The summed E-state index contributed by atoms with van der Waals surface area (Å²) >= 11 is 12.0. The van der Waals surface area contributed by atoms with Crippen molar-refractivity contribution in [1.29, 1.82) is 0 Å². The largest absolute Gasteiger partial charge is 0.327 e. The second-order valence-corrected chi connectivity index (χ2v) is 4.51. The van der Waals surface area contributed by atoms with Gasteiger partial charge in [-0.2, -0.15) is 0 Å². The molecule has 0 aromatic heterocycles. The fraction of sp³-hybridized carbons (Fsp3) is 1.00. The van der Waals surface area contributed by atoms with Crippen molar-refractivity contribution in [2.75, 3.05) is 0 Å². The zero-order valence-electron chi connectivity index (χ0n) is 7.35. The second-order valence-electron chi connectivity index (χ2n) is 3.45. The zero-order chi connectivity index (χ0) is 9.02. The Balaban J connectivity index is 3.73. The van der Waals surface area contributed by atoms with E-state index in [0.29, 0.717) is 5.92 Å². The molecule has 0 fully saturated rings. The molecule has 3 heteroatoms. The highest BCUT2D eigenvalue weighted by molar-refractivity contribution is 6.30. The van der Waals surface area contributed by atoms with Crippen LogP contribution in [0.15, 0.2) is 0 Å². The molecule has 0 aliphatic carbocycles. The first kappa shape index (κ1) is 11.5. The number of hydrogen-bond acceptors (Lipinski definition) is 1. The molecule has 0 bridgehead atoms. The van der Waals surface area contributed by atoms with Crippen molar-refractivity contribution < 1.29 is 0 Å². The van der Waals surface area contributed by atoms with E-state index in [9.17, 15) is 0 Å². The number of hydrogen-bond donors (Lipinski definition) is 1. The third-order valence-corrected chi connectivity index (χ3v) is 2.82. The van der Waals surface area contributed by atoms with Crippen molar-refractivity contribution in [3.8, 4) is 0 Å². The lowest BCUT2D eigenvalue weighted by Crippen LogP contribution is -2.34. The van der Waals surface area contributed by atoms with Crippen LogP contribution in [0.25, 0.3) is 0 Å². The standard InChI is InChI=1S/C8H17Cl2N/c1-5(2)4-7(9)8(10)6(3)11/h5-8H,4,11H2,1-3H3. The van der Waals surface area contributed by atoms with Crippen LogP contribution in [-0.4, -0.2) is 16.8 Å². The van der Waals surface area contributed by atoms with Crippen LogP contribution in [-0.2, 0) is 0 Å². The maximum Gasteiger partial charge on any atom is 0.0647 e. The summed E-state index contributed by atoms with van der Waals surface area (Å²) in [6, 6.07) is -0.0297. The van der Waals surface area contributed by atoms with E-state index in [-0.39, 0.29) is 16.8 Å². The third kappa shape index (κ3) is 4.89. The first-order chi connectivity index (χ1) is 4.95. The van der Waals surface area contributed by atoms with Gasteiger partial charge < -0.3 is 5.73 Å². The summed E-state index contributed by atoms with van der Waals surface area (Å²) in [6.07, 6.45) is 0.928. The van der Waals surface area contributed by atoms with Crippen LogP contribution in [0.5, 0.6) is 0 Å². The molecular weight excluding hydrogens is 181 g/mol. The van der Waals surface area contributed by atoms with Crippen LogP contribution in [0.1, 0.15) is 27.2 Å². The minimum absolute atomic E-state index is 0.00309. The molecule has 3 unspecified atom stereocenters. The Hall–Kier alpha value is 0.540. The van der Waals surface area contributed by atoms with Gasteiger partial charge in [0, 0.05) is 6.04 Å². The average molecular weight is 198 g/mol. The molecule has 2 N–H and O–H groups in total. The summed E-state index contributed by atoms with van der Waals surface area (Å²) in [5, 5.41) is -0.115. The van der Waals surface area contributed by atoms with Gasteiger partial charge in [0.1, 0.15) is 0 Å². The Morgan fingerprint density at radius 3 is 1.91 bits per heavy atom. The summed E-state index contributed by atoms with van der Waals surface area (Å²) in [5.74, 6) is 0.581. The molecule has 11 heavy (non-hydrogen) atoms. The van der Waals surface area contributed by atoms with Crippen molar-refractivity contribution >= 4 is 23.2 Å². The summed E-state index contributed by atoms with van der Waals surface area (Å²) in [5.41, 5.74) is 5.60. The molecule has 3 atom stereocenters. The van der Waals surface area contributed by atoms with Crippen LogP contribution >= 0.6 is 23.2 Å². The topological polar surface area (TPSA) is 26.0 Å². The lowest BCUT2D eigenvalue weighted by molar-refractivity contribution is 0.522. The number of halogens is 2. The summed E-state index contributed by atoms with van der Waals surface area (Å²) < 4.78 is 0. The van der Waals surface area contributed by atoms with Crippen LogP contribution < -0.4 is 5.73 Å². The molecule has 0 heterocycles. The van der Waals surface area contributed by atoms with E-state index in [1.54, 1.807) is 0 Å². The van der Waals surface area contributed by atoms with Crippen molar-refractivity contribution in [3.05, 3.63) is 0 Å². The molecule has 0 aliphatic heterocycles. The van der Waals surface area contributed by atoms with Crippen molar-refractivity contribution in [2.45, 2.75) is 44.0 Å². The minimum atomic E-state index is -0.112. The first-order valence-corrected chi connectivity index (χ1v) is 4.86. The van der Waals surface area contributed by atoms with E-state index < -0.39 is 0 Å². The molecule has 1 nitrogen and oxygen atoms in total. The maximum atomic E-state index is 6.01. The molecule has 0 aromatic rings. The SMILES string of the molecule is CC(C)CC(Cl)C(Cl)C(C)N. The smallest absolute Gasteiger partial charge is 0.0647 e. The normalized spacial score (nSPS) is 19.9. The Bertz CT molecular complexity index is 104. The fourth-order valence-corrected chi connectivity index (χ4v) is 1.60. The quantitative estimate of drug-likeness (QED) is 0.690. The van der Waals surface area contributed by atoms with Gasteiger partial charge in [0.05, 0.1) is 10.8 Å². The molecule has 0 rings (SSSR count). The fourth-order valence-electron chi connectivity index (χ4n) is 0.910. The molecule has 0 aliphatic rings. The van der Waals surface area contributed by atoms with Crippen LogP contribution in [0, 0.1) is 5.92 Å². The van der Waals surface area contributed by atoms with Gasteiger partial charge in [0.2, 0.25) is 0 Å². The average Bonchev–Trinajstić information content (AvgIpc) is 1.84. The van der Waals surface area contributed by atoms with Gasteiger partial charge in [-0.05, 0) is 19.3 Å². The molecule has 0 amide bonds. The predicted octanol–water partition coefficient (Wildman–Crippen LogP) is 2.59. The van der Waals surface area contributed by atoms with Crippen molar-refractivity contribution in [3.63, 3.8) is 0 Å². The van der Waals surface area contributed by atoms with E-state index in [1.807, 2.05) is 6.92 Å². The maximum absolute atomic E-state index is 6.01. The molecule has 0 radical (unpaired) electrons. The van der Waals surface area contributed by atoms with E-state index in [4.69, 9.17) is 28.9 Å². The predicted molar refractivity (Wildman–Crippen MR) is 52.4 cm³/mol. The second kappa shape index (κ2) is 5.23. The first-order valence-electron chi connectivity index (χ1n) is 3.98. The van der Waals surface area contributed by atoms with Gasteiger partial charge in [-0.3, -0.25) is 0 Å². The Kier molecular flexibility index (Phi) is 5.49. The monoisotopic (exact) mass is 197 g/mol. The Morgan fingerprint density at radius 2 is 1.64 bits per heavy atom. The molecule has 68 valence electrons. The highest BCUT2D eigenvalue weighted by Crippen LogP contribution is 2.20. The molecular formula is C8H17Cl2N. The van der Waals surface area contributed by atoms with Gasteiger partial charge in [-0.1, -0.05) is 13.8 Å². The molecule has 0 saturated heterocycles. The lowest BCUT2D eigenvalue weighted by atomic mass is 10.0. The molecule has 0 aromatic carbocycles. The van der Waals surface area contributed by atoms with E-state index in [1.165, 1.54) is 0 Å². The van der Waals surface area contributed by atoms with Crippen LogP contribution in [0.2, 0.25) is 0 Å². The highest BCUT2D eigenvalue weighted by atomic mass is 35.5. The summed E-state index contributed by atoms with van der Waals surface area (Å²) in [4.78, 5) is 0. The Labute approximate surface area is 79.2 Å². The zero-order valence-corrected chi connectivity index (χ0v) is 8.86. The van der Waals surface area contributed by atoms with Gasteiger partial charge in [0.25, 0.3) is 0 Å². The van der Waals surface area contributed by atoms with Crippen LogP contribution in [0.4, 0.5) is 0 Å². The van der Waals surface area contributed by atoms with E-state index in [2.05, 4.69) is 13.8 Å². The van der Waals surface area contributed by atoms with Crippen LogP contribution in [0.3, 0.4) is 0 Å². The summed E-state index contributed by atoms with van der Waals surface area (Å²) in [7, 11) is 0. The van der Waals surface area contributed by atoms with Gasteiger partial charge in [-0.25, -0.2) is 0 Å². The van der Waals surface area contributed by atoms with Crippen molar-refractivity contribution in [2.24, 2.45) is 11.7 Å². The number of alkyl halides is 2. The minimum Gasteiger partial charge on any atom is -0.327 e. The number of rotatable bonds is 4. The third-order valence-electron chi connectivity index (χ3n) is 1.54. The highest BCUT2D eigenvalue weighted by Gasteiger charge is 2.20. The van der Waals surface area contributed by atoms with Crippen molar-refractivity contribution in [1.82, 2.24) is 0 Å². The van der Waals surface area contributed by atoms with Gasteiger partial charge >= 0.3 is 0 Å². The van der Waals surface area contributed by atoms with E-state index in [0.717, 1.165) is 6.42 Å². The molecule has 0 spiro atoms. The van der Waals surface area contributed by atoms with Gasteiger partial charge in [-0.15, -0.1) is 23.2 Å². The van der Waals surface area contributed by atoms with Gasteiger partial charge in [0.15, 0.2) is 0 Å². The lowest BCUT2D eigenvalue weighted by Gasteiger charge is -2.20. The summed E-state index contributed by atoms with van der Waals surface area (Å²) in [6.45, 7) is 6.13.